The quantitative estimate of drug-likeness (QED) is 0.754. The Hall–Kier alpha value is -1.10. The number of carbonyl (C=O) groups is 2. The van der Waals surface area contributed by atoms with Gasteiger partial charge in [0, 0.05) is 44.6 Å². The Morgan fingerprint density at radius 3 is 2.82 bits per heavy atom. The summed E-state index contributed by atoms with van der Waals surface area (Å²) in [6.45, 7) is 8.12. The van der Waals surface area contributed by atoms with E-state index in [2.05, 4.69) is 6.92 Å². The van der Waals surface area contributed by atoms with E-state index in [9.17, 15) is 9.59 Å². The van der Waals surface area contributed by atoms with Crippen LogP contribution in [0.25, 0.3) is 0 Å². The standard InChI is InChI=1S/C17H30N2O3/c1-3-5-10-18-13-17(9-7-15(18)20)8-6-11-19(14-17)16(21)12-22-4-2/h3-14H2,1-2H3. The average molecular weight is 310 g/mol. The predicted molar refractivity (Wildman–Crippen MR) is 85.5 cm³/mol. The van der Waals surface area contributed by atoms with Gasteiger partial charge in [0.1, 0.15) is 6.61 Å². The van der Waals surface area contributed by atoms with E-state index in [0.717, 1.165) is 58.3 Å². The Labute approximate surface area is 134 Å². The first-order chi connectivity index (χ1) is 10.6. The highest BCUT2D eigenvalue weighted by atomic mass is 16.5. The predicted octanol–water partition coefficient (Wildman–Crippen LogP) is 2.05. The third-order valence-corrected chi connectivity index (χ3v) is 4.97. The average Bonchev–Trinajstić information content (AvgIpc) is 2.54. The zero-order chi connectivity index (χ0) is 16.0. The van der Waals surface area contributed by atoms with Crippen LogP contribution in [0.3, 0.4) is 0 Å². The molecule has 2 saturated heterocycles. The highest BCUT2D eigenvalue weighted by Crippen LogP contribution is 2.39. The van der Waals surface area contributed by atoms with Crippen LogP contribution in [0.2, 0.25) is 0 Å². The van der Waals surface area contributed by atoms with Crippen LogP contribution in [0.5, 0.6) is 0 Å². The number of carbonyl (C=O) groups excluding carboxylic acids is 2. The van der Waals surface area contributed by atoms with E-state index >= 15 is 0 Å². The van der Waals surface area contributed by atoms with Crippen molar-refractivity contribution in [2.24, 2.45) is 5.41 Å². The Morgan fingerprint density at radius 2 is 2.09 bits per heavy atom. The summed E-state index contributed by atoms with van der Waals surface area (Å²) in [4.78, 5) is 28.3. The smallest absolute Gasteiger partial charge is 0.248 e. The summed E-state index contributed by atoms with van der Waals surface area (Å²) < 4.78 is 5.26. The first-order valence-electron chi connectivity index (χ1n) is 8.73. The SMILES string of the molecule is CCCCN1CC2(CCCN(C(=O)COCC)C2)CCC1=O. The van der Waals surface area contributed by atoms with Gasteiger partial charge in [-0.05, 0) is 32.6 Å². The van der Waals surface area contributed by atoms with Crippen LogP contribution in [0, 0.1) is 5.41 Å². The van der Waals surface area contributed by atoms with Gasteiger partial charge in [-0.2, -0.15) is 0 Å². The fourth-order valence-electron chi connectivity index (χ4n) is 3.69. The van der Waals surface area contributed by atoms with Crippen molar-refractivity contribution < 1.29 is 14.3 Å². The molecule has 2 rings (SSSR count). The molecule has 1 unspecified atom stereocenters. The molecule has 2 aliphatic rings. The molecule has 0 aromatic carbocycles. The zero-order valence-electron chi connectivity index (χ0n) is 14.1. The number of piperidine rings is 2. The van der Waals surface area contributed by atoms with Gasteiger partial charge < -0.3 is 14.5 Å². The number of hydrogen-bond acceptors (Lipinski definition) is 3. The molecule has 5 nitrogen and oxygen atoms in total. The minimum absolute atomic E-state index is 0.0953. The summed E-state index contributed by atoms with van der Waals surface area (Å²) >= 11 is 0. The van der Waals surface area contributed by atoms with Gasteiger partial charge in [-0.1, -0.05) is 13.3 Å². The molecule has 0 N–H and O–H groups in total. The van der Waals surface area contributed by atoms with Crippen molar-refractivity contribution in [1.82, 2.24) is 9.80 Å². The second kappa shape index (κ2) is 7.95. The summed E-state index contributed by atoms with van der Waals surface area (Å²) in [6.07, 6.45) is 5.89. The third kappa shape index (κ3) is 4.22. The molecule has 2 amide bonds. The maximum Gasteiger partial charge on any atom is 0.248 e. The van der Waals surface area contributed by atoms with E-state index in [1.54, 1.807) is 0 Å². The molecule has 0 bridgehead atoms. The van der Waals surface area contributed by atoms with Crippen molar-refractivity contribution in [3.05, 3.63) is 0 Å². The van der Waals surface area contributed by atoms with Crippen LogP contribution >= 0.6 is 0 Å². The first-order valence-corrected chi connectivity index (χ1v) is 8.73. The molecule has 0 aliphatic carbocycles. The third-order valence-electron chi connectivity index (χ3n) is 4.97. The number of unbranched alkanes of at least 4 members (excludes halogenated alkanes) is 1. The highest BCUT2D eigenvalue weighted by Gasteiger charge is 2.42. The maximum absolute atomic E-state index is 12.2. The van der Waals surface area contributed by atoms with E-state index in [0.29, 0.717) is 13.0 Å². The highest BCUT2D eigenvalue weighted by molar-refractivity contribution is 5.78. The molecule has 2 aliphatic heterocycles. The molecule has 0 aromatic rings. The summed E-state index contributed by atoms with van der Waals surface area (Å²) in [5, 5.41) is 0. The largest absolute Gasteiger partial charge is 0.372 e. The molecule has 5 heteroatoms. The minimum atomic E-state index is 0.0953. The Morgan fingerprint density at radius 1 is 1.27 bits per heavy atom. The van der Waals surface area contributed by atoms with Crippen LogP contribution in [0.15, 0.2) is 0 Å². The lowest BCUT2D eigenvalue weighted by atomic mass is 9.73. The van der Waals surface area contributed by atoms with E-state index in [1.165, 1.54) is 0 Å². The van der Waals surface area contributed by atoms with Crippen LogP contribution in [-0.2, 0) is 14.3 Å². The second-order valence-electron chi connectivity index (χ2n) is 6.72. The molecule has 2 heterocycles. The minimum Gasteiger partial charge on any atom is -0.372 e. The molecule has 126 valence electrons. The molecular formula is C17H30N2O3. The fraction of sp³-hybridized carbons (Fsp3) is 0.882. The fourth-order valence-corrected chi connectivity index (χ4v) is 3.69. The van der Waals surface area contributed by atoms with Crippen LogP contribution in [0.4, 0.5) is 0 Å². The van der Waals surface area contributed by atoms with Gasteiger partial charge in [0.25, 0.3) is 0 Å². The van der Waals surface area contributed by atoms with Gasteiger partial charge in [0.15, 0.2) is 0 Å². The van der Waals surface area contributed by atoms with Gasteiger partial charge in [0.2, 0.25) is 11.8 Å². The Bertz CT molecular complexity index is 399. The van der Waals surface area contributed by atoms with Gasteiger partial charge >= 0.3 is 0 Å². The van der Waals surface area contributed by atoms with Crippen LogP contribution in [-0.4, -0.2) is 61.0 Å². The van der Waals surface area contributed by atoms with E-state index in [1.807, 2.05) is 16.7 Å². The van der Waals surface area contributed by atoms with Gasteiger partial charge in [-0.15, -0.1) is 0 Å². The molecule has 0 radical (unpaired) electrons. The topological polar surface area (TPSA) is 49.9 Å². The lowest BCUT2D eigenvalue weighted by Crippen LogP contribution is -2.55. The maximum atomic E-state index is 12.2. The molecular weight excluding hydrogens is 280 g/mol. The van der Waals surface area contributed by atoms with Crippen molar-refractivity contribution in [3.8, 4) is 0 Å². The summed E-state index contributed by atoms with van der Waals surface area (Å²) in [5.74, 6) is 0.384. The van der Waals surface area contributed by atoms with Crippen molar-refractivity contribution in [1.29, 1.82) is 0 Å². The first kappa shape index (κ1) is 17.3. The molecule has 22 heavy (non-hydrogen) atoms. The molecule has 1 spiro atoms. The summed E-state index contributed by atoms with van der Waals surface area (Å²) in [7, 11) is 0. The summed E-state index contributed by atoms with van der Waals surface area (Å²) in [5.41, 5.74) is 0.113. The van der Waals surface area contributed by atoms with Gasteiger partial charge in [-0.25, -0.2) is 0 Å². The number of ether oxygens (including phenoxy) is 1. The van der Waals surface area contributed by atoms with Crippen molar-refractivity contribution in [3.63, 3.8) is 0 Å². The number of rotatable bonds is 6. The van der Waals surface area contributed by atoms with Gasteiger partial charge in [-0.3, -0.25) is 9.59 Å². The van der Waals surface area contributed by atoms with E-state index in [-0.39, 0.29) is 23.8 Å². The van der Waals surface area contributed by atoms with Gasteiger partial charge in [0.05, 0.1) is 0 Å². The molecule has 0 aromatic heterocycles. The number of likely N-dealkylation sites (tertiary alicyclic amines) is 2. The van der Waals surface area contributed by atoms with Crippen molar-refractivity contribution >= 4 is 11.8 Å². The Balaban J connectivity index is 1.96. The molecule has 0 saturated carbocycles. The van der Waals surface area contributed by atoms with Crippen LogP contribution in [0.1, 0.15) is 52.4 Å². The van der Waals surface area contributed by atoms with Crippen molar-refractivity contribution in [2.45, 2.75) is 52.4 Å². The number of amides is 2. The lowest BCUT2D eigenvalue weighted by molar-refractivity contribution is -0.145. The summed E-state index contributed by atoms with van der Waals surface area (Å²) in [6, 6.07) is 0. The van der Waals surface area contributed by atoms with E-state index in [4.69, 9.17) is 4.74 Å². The lowest BCUT2D eigenvalue weighted by Gasteiger charge is -2.48. The van der Waals surface area contributed by atoms with Crippen molar-refractivity contribution in [2.75, 3.05) is 39.4 Å². The van der Waals surface area contributed by atoms with Crippen LogP contribution < -0.4 is 0 Å². The normalized spacial score (nSPS) is 25.8. The molecule has 2 fully saturated rings. The zero-order valence-corrected chi connectivity index (χ0v) is 14.1. The number of nitrogens with zero attached hydrogens (tertiary/aromatic N) is 2. The molecule has 1 atom stereocenters. The monoisotopic (exact) mass is 310 g/mol. The Kier molecular flexibility index (Phi) is 6.24. The van der Waals surface area contributed by atoms with E-state index < -0.39 is 0 Å². The number of hydrogen-bond donors (Lipinski definition) is 0. The second-order valence-corrected chi connectivity index (χ2v) is 6.72.